The van der Waals surface area contributed by atoms with Gasteiger partial charge in [-0.05, 0) is 85.0 Å². The first kappa shape index (κ1) is 42.0. The summed E-state index contributed by atoms with van der Waals surface area (Å²) in [5, 5.41) is 5.15. The zero-order chi connectivity index (χ0) is 41.2. The van der Waals surface area contributed by atoms with Gasteiger partial charge < -0.3 is 22.9 Å². The van der Waals surface area contributed by atoms with Gasteiger partial charge in [0.2, 0.25) is 0 Å². The number of benzene rings is 9. The fraction of sp³-hybridized carbons (Fsp3) is 0.0909. The molecule has 59 heavy (non-hydrogen) atoms. The average Bonchev–Trinajstić information content (AvgIpc) is 3.31. The summed E-state index contributed by atoms with van der Waals surface area (Å²) in [4.78, 5) is 0. The molecule has 0 saturated carbocycles. The maximum absolute atomic E-state index is 5.76. The van der Waals surface area contributed by atoms with E-state index in [4.69, 9.17) is 22.9 Å². The highest BCUT2D eigenvalue weighted by Gasteiger charge is 2.10. The molecule has 9 aromatic carbocycles. The van der Waals surface area contributed by atoms with E-state index in [1.165, 1.54) is 66.1 Å². The molecule has 0 spiro atoms. The van der Waals surface area contributed by atoms with Crippen LogP contribution in [0.5, 0.6) is 0 Å². The van der Waals surface area contributed by atoms with Gasteiger partial charge in [0, 0.05) is 13.1 Å². The molecule has 0 aromatic heterocycles. The molecule has 0 amide bonds. The molecule has 0 saturated heterocycles. The van der Waals surface area contributed by atoms with Crippen molar-refractivity contribution in [3.8, 4) is 22.3 Å². The Hall–Kier alpha value is -6.66. The van der Waals surface area contributed by atoms with Crippen LogP contribution in [0, 0.1) is 6.92 Å². The molecule has 0 radical (unpaired) electrons. The maximum atomic E-state index is 5.76. The second-order valence-electron chi connectivity index (χ2n) is 14.4. The monoisotopic (exact) mass is 770 g/mol. The second-order valence-corrected chi connectivity index (χ2v) is 14.4. The molecule has 4 nitrogen and oxygen atoms in total. The zero-order valence-corrected chi connectivity index (χ0v) is 33.8. The Morgan fingerprint density at radius 3 is 1.08 bits per heavy atom. The Morgan fingerprint density at radius 1 is 0.339 bits per heavy atom. The van der Waals surface area contributed by atoms with Gasteiger partial charge in [0.1, 0.15) is 0 Å². The van der Waals surface area contributed by atoms with Crippen LogP contribution in [0.25, 0.3) is 43.8 Å². The summed E-state index contributed by atoms with van der Waals surface area (Å²) in [6, 6.07) is 75.7. The van der Waals surface area contributed by atoms with Gasteiger partial charge in [-0.1, -0.05) is 224 Å². The van der Waals surface area contributed by atoms with Crippen molar-refractivity contribution in [1.82, 2.24) is 0 Å². The fourth-order valence-corrected chi connectivity index (χ4v) is 6.90. The molecule has 0 atom stereocenters. The fourth-order valence-electron chi connectivity index (χ4n) is 6.90. The van der Waals surface area contributed by atoms with Crippen LogP contribution in [0.4, 0.5) is 0 Å². The minimum absolute atomic E-state index is 0.341. The Bertz CT molecular complexity index is 2550. The number of fused-ring (bicyclic) bond motifs is 3. The van der Waals surface area contributed by atoms with Crippen LogP contribution >= 0.6 is 0 Å². The molecule has 0 aliphatic carbocycles. The maximum Gasteiger partial charge on any atom is 0.0784 e. The summed E-state index contributed by atoms with van der Waals surface area (Å²) >= 11 is 0. The standard InChI is InChI=1S/C28H23N.C13H12.C7H10N2.C7H9N/c1-19-8-12-21(13-9-19)23-4-2-6-25-26-7-3-5-24(28(26)17-16-27(23)25)22-14-10-20(18-29)11-15-22;1-3-7-12(8-4-1)11-13-9-5-2-6-10-13;8-7(9)6-4-2-1-3-5-6;8-6-7-4-2-1-3-5-7/h2-17H,18,29H2,1H3;1-10H,11H2;1-5,7H,8-9H2;1-5H,6,8H2. The van der Waals surface area contributed by atoms with Crippen LogP contribution in [-0.4, -0.2) is 0 Å². The quantitative estimate of drug-likeness (QED) is 0.0957. The third-order valence-corrected chi connectivity index (χ3v) is 10.1. The Labute approximate surface area is 349 Å². The predicted octanol–water partition coefficient (Wildman–Crippen LogP) is 12.1. The van der Waals surface area contributed by atoms with Gasteiger partial charge in [-0.15, -0.1) is 0 Å². The summed E-state index contributed by atoms with van der Waals surface area (Å²) in [6.07, 6.45) is 0.688. The first-order valence-corrected chi connectivity index (χ1v) is 20.1. The Kier molecular flexibility index (Phi) is 15.5. The highest BCUT2D eigenvalue weighted by molar-refractivity contribution is 6.15. The summed E-state index contributed by atoms with van der Waals surface area (Å²) in [5.41, 5.74) is 34.2. The van der Waals surface area contributed by atoms with E-state index in [2.05, 4.69) is 165 Å². The van der Waals surface area contributed by atoms with Crippen LogP contribution in [0.15, 0.2) is 218 Å². The van der Waals surface area contributed by atoms with E-state index in [1.807, 2.05) is 60.7 Å². The normalized spacial score (nSPS) is 10.5. The van der Waals surface area contributed by atoms with E-state index >= 15 is 0 Å². The number of hydrogen-bond acceptors (Lipinski definition) is 4. The van der Waals surface area contributed by atoms with Crippen molar-refractivity contribution in [1.29, 1.82) is 0 Å². The van der Waals surface area contributed by atoms with Crippen LogP contribution in [0.3, 0.4) is 0 Å². The van der Waals surface area contributed by atoms with Gasteiger partial charge in [0.25, 0.3) is 0 Å². The smallest absolute Gasteiger partial charge is 0.0784 e. The molecule has 9 aromatic rings. The lowest BCUT2D eigenvalue weighted by molar-refractivity contribution is 0.774. The molecular weight excluding hydrogens is 717 g/mol. The first-order valence-electron chi connectivity index (χ1n) is 20.1. The van der Waals surface area contributed by atoms with Crippen molar-refractivity contribution < 1.29 is 0 Å². The SMILES string of the molecule is Cc1ccc(-c2cccc3c2ccc2c(-c4ccc(CN)cc4)cccc23)cc1.NC(N)c1ccccc1.NCc1ccccc1.c1ccc(Cc2ccccc2)cc1. The van der Waals surface area contributed by atoms with E-state index in [0.29, 0.717) is 13.1 Å². The molecule has 294 valence electrons. The van der Waals surface area contributed by atoms with Gasteiger partial charge in [-0.3, -0.25) is 0 Å². The lowest BCUT2D eigenvalue weighted by atomic mass is 9.91. The molecule has 4 heteroatoms. The van der Waals surface area contributed by atoms with Crippen molar-refractivity contribution in [3.05, 3.63) is 252 Å². The summed E-state index contributed by atoms with van der Waals surface area (Å²) in [7, 11) is 0. The molecule has 0 unspecified atom stereocenters. The van der Waals surface area contributed by atoms with Gasteiger partial charge >= 0.3 is 0 Å². The van der Waals surface area contributed by atoms with Gasteiger partial charge in [0.15, 0.2) is 0 Å². The van der Waals surface area contributed by atoms with Crippen molar-refractivity contribution in [2.75, 3.05) is 0 Å². The van der Waals surface area contributed by atoms with E-state index in [9.17, 15) is 0 Å². The van der Waals surface area contributed by atoms with Crippen LogP contribution < -0.4 is 22.9 Å². The first-order chi connectivity index (χ1) is 28.9. The lowest BCUT2D eigenvalue weighted by Crippen LogP contribution is -2.19. The molecule has 8 N–H and O–H groups in total. The molecule has 0 bridgehead atoms. The van der Waals surface area contributed by atoms with Crippen molar-refractivity contribution in [2.24, 2.45) is 22.9 Å². The average molecular weight is 771 g/mol. The topological polar surface area (TPSA) is 104 Å². The zero-order valence-electron chi connectivity index (χ0n) is 33.8. The number of rotatable bonds is 7. The minimum Gasteiger partial charge on any atom is -0.326 e. The molecule has 0 heterocycles. The van der Waals surface area contributed by atoms with E-state index in [0.717, 1.165) is 17.5 Å². The lowest BCUT2D eigenvalue weighted by Gasteiger charge is -2.13. The minimum atomic E-state index is -0.341. The molecule has 0 aliphatic rings. The molecule has 0 aliphatic heterocycles. The van der Waals surface area contributed by atoms with E-state index in [1.54, 1.807) is 0 Å². The Morgan fingerprint density at radius 2 is 0.712 bits per heavy atom. The van der Waals surface area contributed by atoms with E-state index < -0.39 is 0 Å². The number of hydrogen-bond donors (Lipinski definition) is 4. The van der Waals surface area contributed by atoms with Crippen LogP contribution in [0.1, 0.15) is 39.5 Å². The predicted molar refractivity (Wildman–Crippen MR) is 253 cm³/mol. The largest absolute Gasteiger partial charge is 0.326 e. The van der Waals surface area contributed by atoms with Crippen LogP contribution in [0.2, 0.25) is 0 Å². The molecule has 9 rings (SSSR count). The highest BCUT2D eigenvalue weighted by atomic mass is 14.8. The van der Waals surface area contributed by atoms with E-state index in [-0.39, 0.29) is 6.17 Å². The Balaban J connectivity index is 0.000000159. The molecular formula is C55H54N4. The van der Waals surface area contributed by atoms with Crippen molar-refractivity contribution in [3.63, 3.8) is 0 Å². The third kappa shape index (κ3) is 11.9. The summed E-state index contributed by atoms with van der Waals surface area (Å²) < 4.78 is 0. The van der Waals surface area contributed by atoms with Crippen LogP contribution in [-0.2, 0) is 19.5 Å². The summed E-state index contributed by atoms with van der Waals surface area (Å²) in [5.74, 6) is 0. The number of aryl methyl sites for hydroxylation is 1. The van der Waals surface area contributed by atoms with Gasteiger partial charge in [-0.2, -0.15) is 0 Å². The highest BCUT2D eigenvalue weighted by Crippen LogP contribution is 2.37. The summed E-state index contributed by atoms with van der Waals surface area (Å²) in [6.45, 7) is 3.34. The second kappa shape index (κ2) is 21.8. The third-order valence-electron chi connectivity index (χ3n) is 10.1. The number of nitrogens with two attached hydrogens (primary N) is 4. The van der Waals surface area contributed by atoms with Gasteiger partial charge in [0.05, 0.1) is 6.17 Å². The van der Waals surface area contributed by atoms with Crippen molar-refractivity contribution >= 4 is 21.5 Å². The van der Waals surface area contributed by atoms with Crippen molar-refractivity contribution in [2.45, 2.75) is 32.6 Å². The molecule has 0 fully saturated rings. The van der Waals surface area contributed by atoms with Gasteiger partial charge in [-0.25, -0.2) is 0 Å².